The second-order valence-corrected chi connectivity index (χ2v) is 4.45. The summed E-state index contributed by atoms with van der Waals surface area (Å²) in [6, 6.07) is 7.48. The number of nitrogens with one attached hydrogen (secondary N) is 1. The lowest BCUT2D eigenvalue weighted by Gasteiger charge is -2.11. The molecule has 0 aliphatic carbocycles. The number of carbonyl (C=O) groups excluding carboxylic acids is 1. The van der Waals surface area contributed by atoms with Crippen LogP contribution in [0.2, 0.25) is 0 Å². The molecule has 3 N–H and O–H groups in total. The van der Waals surface area contributed by atoms with Gasteiger partial charge in [0.05, 0.1) is 4.99 Å². The average molecular weight is 236 g/mol. The molecule has 1 amide bonds. The zero-order chi connectivity index (χ0) is 12.1. The molecule has 0 saturated heterocycles. The van der Waals surface area contributed by atoms with Crippen LogP contribution in [0.4, 0.5) is 0 Å². The van der Waals surface area contributed by atoms with E-state index in [1.165, 1.54) is 0 Å². The van der Waals surface area contributed by atoms with Crippen molar-refractivity contribution in [2.75, 3.05) is 0 Å². The Balaban J connectivity index is 2.94. The summed E-state index contributed by atoms with van der Waals surface area (Å²) >= 11 is 4.86. The molecule has 0 aliphatic rings. The fourth-order valence-electron chi connectivity index (χ4n) is 1.42. The number of thiocarbonyl (C=S) groups is 1. The Kier molecular flexibility index (Phi) is 4.43. The molecule has 0 fully saturated rings. The molecule has 0 radical (unpaired) electrons. The number of hydrogen-bond acceptors (Lipinski definition) is 2. The molecule has 0 atom stereocenters. The van der Waals surface area contributed by atoms with Gasteiger partial charge in [-0.3, -0.25) is 4.79 Å². The van der Waals surface area contributed by atoms with Crippen LogP contribution >= 0.6 is 12.2 Å². The Labute approximate surface area is 101 Å². The predicted molar refractivity (Wildman–Crippen MR) is 69.5 cm³/mol. The van der Waals surface area contributed by atoms with E-state index in [9.17, 15) is 4.79 Å². The number of rotatable bonds is 4. The van der Waals surface area contributed by atoms with E-state index in [4.69, 9.17) is 18.0 Å². The number of nitrogens with two attached hydrogens (primary N) is 1. The standard InChI is InChI=1S/C12H16N2OS/c1-8(2)14-12(15)10-6-4-3-5-9(10)7-11(13)16/h3-6,8H,7H2,1-2H3,(H2,13,16)(H,14,15). The van der Waals surface area contributed by atoms with Crippen LogP contribution in [0.3, 0.4) is 0 Å². The first-order chi connectivity index (χ1) is 7.50. The van der Waals surface area contributed by atoms with E-state index in [0.717, 1.165) is 5.56 Å². The normalized spacial score (nSPS) is 10.2. The van der Waals surface area contributed by atoms with Gasteiger partial charge in [-0.1, -0.05) is 30.4 Å². The van der Waals surface area contributed by atoms with Crippen molar-refractivity contribution in [3.63, 3.8) is 0 Å². The maximum absolute atomic E-state index is 11.9. The van der Waals surface area contributed by atoms with E-state index in [0.29, 0.717) is 17.0 Å². The summed E-state index contributed by atoms with van der Waals surface area (Å²) in [4.78, 5) is 12.3. The first kappa shape index (κ1) is 12.6. The maximum Gasteiger partial charge on any atom is 0.251 e. The van der Waals surface area contributed by atoms with Crippen LogP contribution < -0.4 is 11.1 Å². The Morgan fingerprint density at radius 3 is 2.62 bits per heavy atom. The minimum absolute atomic E-state index is 0.0816. The van der Waals surface area contributed by atoms with Crippen LogP contribution in [0.15, 0.2) is 24.3 Å². The molecule has 0 unspecified atom stereocenters. The monoisotopic (exact) mass is 236 g/mol. The summed E-state index contributed by atoms with van der Waals surface area (Å²) in [5.41, 5.74) is 7.01. The molecule has 0 saturated carbocycles. The zero-order valence-electron chi connectivity index (χ0n) is 9.49. The minimum Gasteiger partial charge on any atom is -0.393 e. The van der Waals surface area contributed by atoms with Gasteiger partial charge in [-0.2, -0.15) is 0 Å². The molecule has 0 heterocycles. The van der Waals surface area contributed by atoms with Crippen molar-refractivity contribution in [1.82, 2.24) is 5.32 Å². The van der Waals surface area contributed by atoms with Gasteiger partial charge in [0.1, 0.15) is 0 Å². The van der Waals surface area contributed by atoms with Gasteiger partial charge in [0, 0.05) is 18.0 Å². The van der Waals surface area contributed by atoms with Crippen LogP contribution in [0.25, 0.3) is 0 Å². The molecule has 86 valence electrons. The fourth-order valence-corrected chi connectivity index (χ4v) is 1.58. The Bertz CT molecular complexity index is 402. The Hall–Kier alpha value is -1.42. The van der Waals surface area contributed by atoms with Crippen molar-refractivity contribution in [3.05, 3.63) is 35.4 Å². The number of amides is 1. The second kappa shape index (κ2) is 5.61. The Morgan fingerprint density at radius 1 is 1.44 bits per heavy atom. The molecule has 0 bridgehead atoms. The molecule has 0 spiro atoms. The van der Waals surface area contributed by atoms with Crippen LogP contribution in [0.1, 0.15) is 29.8 Å². The van der Waals surface area contributed by atoms with Crippen molar-refractivity contribution in [2.45, 2.75) is 26.3 Å². The van der Waals surface area contributed by atoms with Crippen molar-refractivity contribution in [2.24, 2.45) is 5.73 Å². The summed E-state index contributed by atoms with van der Waals surface area (Å²) in [6.45, 7) is 3.85. The maximum atomic E-state index is 11.9. The highest BCUT2D eigenvalue weighted by Crippen LogP contribution is 2.10. The quantitative estimate of drug-likeness (QED) is 0.782. The molecule has 3 nitrogen and oxygen atoms in total. The molecule has 4 heteroatoms. The summed E-state index contributed by atoms with van der Waals surface area (Å²) in [6.07, 6.45) is 0.455. The van der Waals surface area contributed by atoms with Gasteiger partial charge in [0.25, 0.3) is 5.91 Å². The minimum atomic E-state index is -0.0816. The van der Waals surface area contributed by atoms with E-state index < -0.39 is 0 Å². The second-order valence-electron chi connectivity index (χ2n) is 3.93. The van der Waals surface area contributed by atoms with E-state index in [-0.39, 0.29) is 11.9 Å². The smallest absolute Gasteiger partial charge is 0.251 e. The molecule has 0 aromatic heterocycles. The molecule has 16 heavy (non-hydrogen) atoms. The van der Waals surface area contributed by atoms with Crippen LogP contribution in [-0.2, 0) is 6.42 Å². The van der Waals surface area contributed by atoms with E-state index in [1.54, 1.807) is 6.07 Å². The fraction of sp³-hybridized carbons (Fsp3) is 0.333. The summed E-state index contributed by atoms with van der Waals surface area (Å²) in [7, 11) is 0. The highest BCUT2D eigenvalue weighted by atomic mass is 32.1. The average Bonchev–Trinajstić information content (AvgIpc) is 2.16. The molecule has 0 aliphatic heterocycles. The van der Waals surface area contributed by atoms with Crippen molar-refractivity contribution in [3.8, 4) is 0 Å². The SMILES string of the molecule is CC(C)NC(=O)c1ccccc1CC(N)=S. The third-order valence-electron chi connectivity index (χ3n) is 2.05. The first-order valence-electron chi connectivity index (χ1n) is 5.17. The highest BCUT2D eigenvalue weighted by molar-refractivity contribution is 7.80. The van der Waals surface area contributed by atoms with Crippen molar-refractivity contribution in [1.29, 1.82) is 0 Å². The largest absolute Gasteiger partial charge is 0.393 e. The summed E-state index contributed by atoms with van der Waals surface area (Å²) < 4.78 is 0. The number of carbonyl (C=O) groups is 1. The summed E-state index contributed by atoms with van der Waals surface area (Å²) in [5.74, 6) is -0.0816. The number of benzene rings is 1. The van der Waals surface area contributed by atoms with Crippen LogP contribution in [-0.4, -0.2) is 16.9 Å². The van der Waals surface area contributed by atoms with Gasteiger partial charge < -0.3 is 11.1 Å². The highest BCUT2D eigenvalue weighted by Gasteiger charge is 2.11. The van der Waals surface area contributed by atoms with E-state index >= 15 is 0 Å². The molecule has 1 aromatic rings. The molecule has 1 rings (SSSR count). The zero-order valence-corrected chi connectivity index (χ0v) is 10.3. The molecule has 1 aromatic carbocycles. The van der Waals surface area contributed by atoms with Gasteiger partial charge in [0.2, 0.25) is 0 Å². The van der Waals surface area contributed by atoms with Gasteiger partial charge >= 0.3 is 0 Å². The number of hydrogen-bond donors (Lipinski definition) is 2. The van der Waals surface area contributed by atoms with E-state index in [1.807, 2.05) is 32.0 Å². The first-order valence-corrected chi connectivity index (χ1v) is 5.58. The van der Waals surface area contributed by atoms with Crippen LogP contribution in [0.5, 0.6) is 0 Å². The van der Waals surface area contributed by atoms with E-state index in [2.05, 4.69) is 5.32 Å². The summed E-state index contributed by atoms with van der Waals surface area (Å²) in [5, 5.41) is 2.85. The van der Waals surface area contributed by atoms with Gasteiger partial charge in [-0.05, 0) is 25.5 Å². The third kappa shape index (κ3) is 3.62. The van der Waals surface area contributed by atoms with Crippen LogP contribution in [0, 0.1) is 0 Å². The predicted octanol–water partition coefficient (Wildman–Crippen LogP) is 1.65. The lowest BCUT2D eigenvalue weighted by atomic mass is 10.0. The molecular weight excluding hydrogens is 220 g/mol. The molecular formula is C12H16N2OS. The van der Waals surface area contributed by atoms with Crippen molar-refractivity contribution >= 4 is 23.1 Å². The lowest BCUT2D eigenvalue weighted by Crippen LogP contribution is -2.31. The van der Waals surface area contributed by atoms with Gasteiger partial charge in [0.15, 0.2) is 0 Å². The van der Waals surface area contributed by atoms with Gasteiger partial charge in [-0.25, -0.2) is 0 Å². The Morgan fingerprint density at radius 2 is 2.06 bits per heavy atom. The van der Waals surface area contributed by atoms with Crippen molar-refractivity contribution < 1.29 is 4.79 Å². The third-order valence-corrected chi connectivity index (χ3v) is 2.19. The van der Waals surface area contributed by atoms with Gasteiger partial charge in [-0.15, -0.1) is 0 Å². The topological polar surface area (TPSA) is 55.1 Å². The lowest BCUT2D eigenvalue weighted by molar-refractivity contribution is 0.0942.